The number of carboxylic acids is 1. The Morgan fingerprint density at radius 3 is 2.75 bits per heavy atom. The number of carboxylic acid groups (broad SMARTS) is 1. The van der Waals surface area contributed by atoms with E-state index in [1.807, 2.05) is 0 Å². The summed E-state index contributed by atoms with van der Waals surface area (Å²) in [4.78, 5) is 10.6. The molecule has 0 amide bonds. The molecule has 0 saturated heterocycles. The summed E-state index contributed by atoms with van der Waals surface area (Å²) in [7, 11) is 1.29. The van der Waals surface area contributed by atoms with Gasteiger partial charge in [-0.3, -0.25) is 0 Å². The second kappa shape index (κ2) is 4.37. The van der Waals surface area contributed by atoms with E-state index in [9.17, 15) is 9.18 Å². The standard InChI is InChI=1S/C10H7ClFNO3/c1-16-8-4-2-3-7(6(8)5-13)10(11,12)9(14)15/h2-4H,1H3,(H,14,15). The Bertz CT molecular complexity index is 468. The van der Waals surface area contributed by atoms with Crippen molar-refractivity contribution >= 4 is 17.6 Å². The fourth-order valence-corrected chi connectivity index (χ4v) is 1.35. The number of nitrogens with zero attached hydrogens (tertiary/aromatic N) is 1. The molecule has 0 radical (unpaired) electrons. The van der Waals surface area contributed by atoms with Crippen LogP contribution in [-0.4, -0.2) is 18.2 Å². The quantitative estimate of drug-likeness (QED) is 0.825. The van der Waals surface area contributed by atoms with E-state index in [1.54, 1.807) is 6.07 Å². The molecule has 16 heavy (non-hydrogen) atoms. The number of hydrogen-bond acceptors (Lipinski definition) is 3. The Morgan fingerprint density at radius 2 is 2.31 bits per heavy atom. The zero-order chi connectivity index (χ0) is 12.3. The van der Waals surface area contributed by atoms with Gasteiger partial charge in [-0.25, -0.2) is 9.18 Å². The van der Waals surface area contributed by atoms with Gasteiger partial charge < -0.3 is 9.84 Å². The molecule has 1 atom stereocenters. The van der Waals surface area contributed by atoms with Crippen molar-refractivity contribution in [2.24, 2.45) is 0 Å². The molecule has 0 aliphatic carbocycles. The first-order chi connectivity index (χ1) is 7.45. The first-order valence-electron chi connectivity index (χ1n) is 4.14. The van der Waals surface area contributed by atoms with Gasteiger partial charge in [-0.2, -0.15) is 5.26 Å². The van der Waals surface area contributed by atoms with Crippen LogP contribution in [0.4, 0.5) is 4.39 Å². The van der Waals surface area contributed by atoms with Crippen molar-refractivity contribution in [3.05, 3.63) is 29.3 Å². The number of ether oxygens (including phenoxy) is 1. The second-order valence-corrected chi connectivity index (χ2v) is 3.40. The number of aliphatic carboxylic acids is 1. The average Bonchev–Trinajstić information content (AvgIpc) is 2.27. The Balaban J connectivity index is 3.47. The number of carbonyl (C=O) groups is 1. The fraction of sp³-hybridized carbons (Fsp3) is 0.200. The third kappa shape index (κ3) is 1.92. The second-order valence-electron chi connectivity index (χ2n) is 2.87. The van der Waals surface area contributed by atoms with Gasteiger partial charge >= 0.3 is 11.1 Å². The molecule has 6 heteroatoms. The minimum Gasteiger partial charge on any atom is -0.495 e. The molecule has 1 N–H and O–H groups in total. The lowest BCUT2D eigenvalue weighted by molar-refractivity contribution is -0.145. The SMILES string of the molecule is COc1cccc(C(F)(Cl)C(=O)O)c1C#N. The molecule has 0 bridgehead atoms. The van der Waals surface area contributed by atoms with Crippen molar-refractivity contribution in [1.82, 2.24) is 0 Å². The van der Waals surface area contributed by atoms with Crippen LogP contribution in [0.5, 0.6) is 5.75 Å². The van der Waals surface area contributed by atoms with E-state index >= 15 is 0 Å². The molecule has 1 aromatic rings. The minimum atomic E-state index is -3.14. The molecule has 1 unspecified atom stereocenters. The Kier molecular flexibility index (Phi) is 3.35. The van der Waals surface area contributed by atoms with Gasteiger partial charge in [0, 0.05) is 5.56 Å². The van der Waals surface area contributed by atoms with Crippen molar-refractivity contribution in [3.8, 4) is 11.8 Å². The molecule has 0 spiro atoms. The molecule has 0 saturated carbocycles. The van der Waals surface area contributed by atoms with E-state index in [2.05, 4.69) is 0 Å². The van der Waals surface area contributed by atoms with Gasteiger partial charge in [0.05, 0.1) is 7.11 Å². The lowest BCUT2D eigenvalue weighted by Crippen LogP contribution is -2.25. The maximum atomic E-state index is 13.7. The van der Waals surface area contributed by atoms with Crippen LogP contribution in [0.2, 0.25) is 0 Å². The van der Waals surface area contributed by atoms with Crippen LogP contribution in [-0.2, 0) is 9.92 Å². The summed E-state index contributed by atoms with van der Waals surface area (Å²) in [6, 6.07) is 5.56. The van der Waals surface area contributed by atoms with Gasteiger partial charge in [-0.15, -0.1) is 0 Å². The first-order valence-corrected chi connectivity index (χ1v) is 4.51. The fourth-order valence-electron chi connectivity index (χ4n) is 1.19. The molecule has 4 nitrogen and oxygen atoms in total. The van der Waals surface area contributed by atoms with Crippen molar-refractivity contribution in [3.63, 3.8) is 0 Å². The summed E-state index contributed by atoms with van der Waals surface area (Å²) >= 11 is 5.24. The lowest BCUT2D eigenvalue weighted by atomic mass is 10.0. The highest BCUT2D eigenvalue weighted by Gasteiger charge is 2.41. The summed E-state index contributed by atoms with van der Waals surface area (Å²) in [6.45, 7) is 0. The highest BCUT2D eigenvalue weighted by Crippen LogP contribution is 2.36. The predicted octanol–water partition coefficient (Wildman–Crippen LogP) is 2.01. The minimum absolute atomic E-state index is 0.0731. The number of nitriles is 1. The molecule has 0 aromatic heterocycles. The van der Waals surface area contributed by atoms with Crippen molar-refractivity contribution < 1.29 is 19.0 Å². The zero-order valence-electron chi connectivity index (χ0n) is 8.20. The largest absolute Gasteiger partial charge is 0.495 e. The van der Waals surface area contributed by atoms with Crippen LogP contribution in [0.25, 0.3) is 0 Å². The highest BCUT2D eigenvalue weighted by molar-refractivity contribution is 6.32. The molecular weight excluding hydrogens is 237 g/mol. The van der Waals surface area contributed by atoms with E-state index < -0.39 is 16.7 Å². The van der Waals surface area contributed by atoms with Crippen LogP contribution < -0.4 is 4.74 Å². The Morgan fingerprint density at radius 1 is 1.69 bits per heavy atom. The smallest absolute Gasteiger partial charge is 0.362 e. The van der Waals surface area contributed by atoms with Crippen LogP contribution in [0.3, 0.4) is 0 Å². The van der Waals surface area contributed by atoms with Gasteiger partial charge in [0.25, 0.3) is 0 Å². The summed E-state index contributed by atoms with van der Waals surface area (Å²) < 4.78 is 18.5. The van der Waals surface area contributed by atoms with Gasteiger partial charge in [0.2, 0.25) is 0 Å². The van der Waals surface area contributed by atoms with Crippen molar-refractivity contribution in [2.45, 2.75) is 5.13 Å². The van der Waals surface area contributed by atoms with E-state index in [0.717, 1.165) is 6.07 Å². The maximum Gasteiger partial charge on any atom is 0.362 e. The summed E-state index contributed by atoms with van der Waals surface area (Å²) in [5.74, 6) is -1.80. The number of rotatable bonds is 3. The van der Waals surface area contributed by atoms with Crippen LogP contribution in [0.1, 0.15) is 11.1 Å². The van der Waals surface area contributed by atoms with E-state index in [-0.39, 0.29) is 11.3 Å². The summed E-state index contributed by atoms with van der Waals surface area (Å²) in [5.41, 5.74) is -0.673. The summed E-state index contributed by atoms with van der Waals surface area (Å²) in [6.07, 6.45) is 0. The normalized spacial score (nSPS) is 13.6. The highest BCUT2D eigenvalue weighted by atomic mass is 35.5. The lowest BCUT2D eigenvalue weighted by Gasteiger charge is -2.15. The first kappa shape index (κ1) is 12.3. The molecular formula is C10H7ClFNO3. The zero-order valence-corrected chi connectivity index (χ0v) is 8.95. The number of methoxy groups -OCH3 is 1. The molecule has 84 valence electrons. The number of benzene rings is 1. The maximum absolute atomic E-state index is 13.7. The molecule has 0 aliphatic heterocycles. The third-order valence-electron chi connectivity index (χ3n) is 1.96. The molecule has 1 rings (SSSR count). The molecule has 0 aliphatic rings. The third-order valence-corrected chi connectivity index (χ3v) is 2.33. The average molecular weight is 244 g/mol. The Hall–Kier alpha value is -1.80. The molecule has 1 aromatic carbocycles. The van der Waals surface area contributed by atoms with Gasteiger partial charge in [-0.05, 0) is 6.07 Å². The molecule has 0 heterocycles. The number of alkyl halides is 2. The van der Waals surface area contributed by atoms with Gasteiger partial charge in [0.1, 0.15) is 17.4 Å². The van der Waals surface area contributed by atoms with E-state index in [1.165, 1.54) is 19.2 Å². The molecule has 0 fully saturated rings. The van der Waals surface area contributed by atoms with Crippen molar-refractivity contribution in [1.29, 1.82) is 5.26 Å². The van der Waals surface area contributed by atoms with E-state index in [4.69, 9.17) is 26.7 Å². The number of halogens is 2. The van der Waals surface area contributed by atoms with Crippen LogP contribution >= 0.6 is 11.6 Å². The topological polar surface area (TPSA) is 70.3 Å². The van der Waals surface area contributed by atoms with Crippen molar-refractivity contribution in [2.75, 3.05) is 7.11 Å². The number of hydrogen-bond donors (Lipinski definition) is 1. The predicted molar refractivity (Wildman–Crippen MR) is 54.0 cm³/mol. The van der Waals surface area contributed by atoms with E-state index in [0.29, 0.717) is 0 Å². The van der Waals surface area contributed by atoms with Gasteiger partial charge in [-0.1, -0.05) is 23.7 Å². The van der Waals surface area contributed by atoms with Crippen LogP contribution in [0, 0.1) is 11.3 Å². The van der Waals surface area contributed by atoms with Crippen LogP contribution in [0.15, 0.2) is 18.2 Å². The summed E-state index contributed by atoms with van der Waals surface area (Å²) in [5, 5.41) is 14.3. The monoisotopic (exact) mass is 243 g/mol. The Labute approximate surface area is 95.8 Å². The van der Waals surface area contributed by atoms with Gasteiger partial charge in [0.15, 0.2) is 0 Å².